The monoisotopic (exact) mass is 464 g/mol. The Balaban J connectivity index is 1.52. The van der Waals surface area contributed by atoms with Crippen LogP contribution in [-0.4, -0.2) is 37.5 Å². The van der Waals surface area contributed by atoms with Crippen LogP contribution < -0.4 is 14.8 Å². The smallest absolute Gasteiger partial charge is 0.229 e. The number of ether oxygens (including phenoxy) is 2. The maximum Gasteiger partial charge on any atom is 0.229 e. The van der Waals surface area contributed by atoms with Crippen molar-refractivity contribution in [1.29, 1.82) is 0 Å². The van der Waals surface area contributed by atoms with Crippen molar-refractivity contribution in [2.24, 2.45) is 5.92 Å². The second kappa shape index (κ2) is 10.5. The van der Waals surface area contributed by atoms with Crippen molar-refractivity contribution < 1.29 is 19.1 Å². The van der Waals surface area contributed by atoms with Gasteiger partial charge in [0.05, 0.1) is 32.6 Å². The van der Waals surface area contributed by atoms with Gasteiger partial charge in [-0.05, 0) is 29.9 Å². The van der Waals surface area contributed by atoms with E-state index < -0.39 is 0 Å². The predicted octanol–water partition coefficient (Wildman–Crippen LogP) is 4.93. The number of nitrogens with zero attached hydrogens (tertiary/aromatic N) is 1. The number of hydrogen-bond donors (Lipinski definition) is 1. The average molecular weight is 465 g/mol. The molecule has 0 saturated carbocycles. The van der Waals surface area contributed by atoms with E-state index in [0.29, 0.717) is 36.6 Å². The third kappa shape index (κ3) is 5.54. The van der Waals surface area contributed by atoms with Gasteiger partial charge in [-0.3, -0.25) is 9.59 Å². The van der Waals surface area contributed by atoms with Crippen molar-refractivity contribution in [2.45, 2.75) is 25.3 Å². The van der Waals surface area contributed by atoms with Gasteiger partial charge >= 0.3 is 0 Å². The summed E-state index contributed by atoms with van der Waals surface area (Å²) >= 11 is 1.58. The molecule has 1 aromatic heterocycles. The highest BCUT2D eigenvalue weighted by Gasteiger charge is 2.35. The van der Waals surface area contributed by atoms with Gasteiger partial charge in [0.1, 0.15) is 11.5 Å². The summed E-state index contributed by atoms with van der Waals surface area (Å²) in [7, 11) is 3.14. The number of piperidine rings is 1. The first-order chi connectivity index (χ1) is 16.1. The van der Waals surface area contributed by atoms with Crippen LogP contribution in [0.5, 0.6) is 11.5 Å². The van der Waals surface area contributed by atoms with Gasteiger partial charge in [-0.25, -0.2) is 0 Å². The number of nitrogens with one attached hydrogen (secondary N) is 1. The van der Waals surface area contributed by atoms with Crippen molar-refractivity contribution in [3.8, 4) is 11.5 Å². The molecule has 0 spiro atoms. The summed E-state index contributed by atoms with van der Waals surface area (Å²) in [5.74, 6) is 0.849. The zero-order valence-corrected chi connectivity index (χ0v) is 19.6. The third-order valence-corrected chi connectivity index (χ3v) is 6.86. The number of carbonyl (C=O) groups is 2. The first-order valence-corrected chi connectivity index (χ1v) is 11.9. The van der Waals surface area contributed by atoms with E-state index >= 15 is 0 Å². The van der Waals surface area contributed by atoms with Crippen LogP contribution in [0.15, 0.2) is 66.0 Å². The van der Waals surface area contributed by atoms with Gasteiger partial charge in [-0.15, -0.1) is 11.3 Å². The number of likely N-dealkylation sites (tertiary alicyclic amines) is 1. The van der Waals surface area contributed by atoms with E-state index in [-0.39, 0.29) is 23.8 Å². The van der Waals surface area contributed by atoms with E-state index in [1.165, 1.54) is 0 Å². The molecule has 2 amide bonds. The molecular formula is C26H28N2O4S. The topological polar surface area (TPSA) is 67.9 Å². The molecule has 2 aromatic carbocycles. The summed E-state index contributed by atoms with van der Waals surface area (Å²) in [5, 5.41) is 4.96. The molecule has 3 aromatic rings. The summed E-state index contributed by atoms with van der Waals surface area (Å²) in [6.45, 7) is 0.386. The minimum atomic E-state index is -0.297. The summed E-state index contributed by atoms with van der Waals surface area (Å²) in [4.78, 5) is 29.4. The van der Waals surface area contributed by atoms with E-state index in [2.05, 4.69) is 17.4 Å². The Kier molecular flexibility index (Phi) is 7.29. The maximum atomic E-state index is 13.3. The fourth-order valence-electron chi connectivity index (χ4n) is 4.27. The molecule has 0 aliphatic carbocycles. The highest BCUT2D eigenvalue weighted by molar-refractivity contribution is 7.10. The van der Waals surface area contributed by atoms with E-state index in [1.54, 1.807) is 43.8 Å². The number of rotatable bonds is 7. The number of anilines is 1. The molecule has 2 unspecified atom stereocenters. The normalized spacial score (nSPS) is 17.9. The first kappa shape index (κ1) is 22.9. The van der Waals surface area contributed by atoms with Crippen LogP contribution in [0.3, 0.4) is 0 Å². The van der Waals surface area contributed by atoms with Crippen LogP contribution in [0.4, 0.5) is 5.69 Å². The van der Waals surface area contributed by atoms with Crippen LogP contribution in [-0.2, 0) is 16.0 Å². The van der Waals surface area contributed by atoms with Gasteiger partial charge < -0.3 is 19.7 Å². The Labute approximate surface area is 198 Å². The van der Waals surface area contributed by atoms with E-state index in [0.717, 1.165) is 16.9 Å². The van der Waals surface area contributed by atoms with Gasteiger partial charge in [-0.2, -0.15) is 0 Å². The molecule has 7 heteroatoms. The molecule has 2 heterocycles. The van der Waals surface area contributed by atoms with Crippen LogP contribution >= 0.6 is 11.3 Å². The number of amides is 2. The average Bonchev–Trinajstić information content (AvgIpc) is 3.36. The van der Waals surface area contributed by atoms with Crippen molar-refractivity contribution in [1.82, 2.24) is 4.90 Å². The lowest BCUT2D eigenvalue weighted by Crippen LogP contribution is -2.46. The van der Waals surface area contributed by atoms with Crippen LogP contribution in [0.1, 0.15) is 29.3 Å². The second-order valence-electron chi connectivity index (χ2n) is 8.09. The number of carbonyl (C=O) groups excluding carboxylic acids is 2. The van der Waals surface area contributed by atoms with Gasteiger partial charge in [0.2, 0.25) is 11.8 Å². The minimum absolute atomic E-state index is 0.0281. The lowest BCUT2D eigenvalue weighted by Gasteiger charge is -2.39. The van der Waals surface area contributed by atoms with Gasteiger partial charge in [0.25, 0.3) is 0 Å². The van der Waals surface area contributed by atoms with Crippen molar-refractivity contribution in [3.63, 3.8) is 0 Å². The number of methoxy groups -OCH3 is 2. The van der Waals surface area contributed by atoms with Crippen molar-refractivity contribution in [3.05, 3.63) is 76.5 Å². The Morgan fingerprint density at radius 3 is 2.36 bits per heavy atom. The molecule has 1 N–H and O–H groups in total. The van der Waals surface area contributed by atoms with Gasteiger partial charge in [0, 0.05) is 35.3 Å². The number of thiophene rings is 1. The molecule has 172 valence electrons. The standard InChI is InChI=1S/C26H28N2O4S/c1-31-21-13-20(14-22(15-21)32-2)27-26(30)19-10-11-24(18-7-4-3-5-8-18)28(17-19)25(29)16-23-9-6-12-33-23/h3-9,12-15,19,24H,10-11,16-17H2,1-2H3,(H,27,30). The summed E-state index contributed by atoms with van der Waals surface area (Å²) in [6.07, 6.45) is 1.79. The summed E-state index contributed by atoms with van der Waals surface area (Å²) in [6, 6.07) is 19.2. The molecule has 4 rings (SSSR count). The highest BCUT2D eigenvalue weighted by atomic mass is 32.1. The van der Waals surface area contributed by atoms with E-state index in [4.69, 9.17) is 9.47 Å². The van der Waals surface area contributed by atoms with Crippen LogP contribution in [0, 0.1) is 5.92 Å². The quantitative estimate of drug-likeness (QED) is 0.539. The van der Waals surface area contributed by atoms with Gasteiger partial charge in [0.15, 0.2) is 0 Å². The summed E-state index contributed by atoms with van der Waals surface area (Å²) in [5.41, 5.74) is 1.71. The molecule has 33 heavy (non-hydrogen) atoms. The predicted molar refractivity (Wildman–Crippen MR) is 130 cm³/mol. The van der Waals surface area contributed by atoms with E-state index in [9.17, 15) is 9.59 Å². The molecule has 1 aliphatic heterocycles. The number of benzene rings is 2. The molecule has 0 radical (unpaired) electrons. The molecule has 6 nitrogen and oxygen atoms in total. The van der Waals surface area contributed by atoms with Crippen molar-refractivity contribution >= 4 is 28.8 Å². The Hall–Kier alpha value is -3.32. The molecule has 1 fully saturated rings. The Morgan fingerprint density at radius 1 is 1.00 bits per heavy atom. The second-order valence-corrected chi connectivity index (χ2v) is 9.13. The molecule has 1 saturated heterocycles. The Morgan fingerprint density at radius 2 is 1.73 bits per heavy atom. The molecule has 1 aliphatic rings. The number of hydrogen-bond acceptors (Lipinski definition) is 5. The van der Waals surface area contributed by atoms with E-state index in [1.807, 2.05) is 40.6 Å². The van der Waals surface area contributed by atoms with Crippen molar-refractivity contribution in [2.75, 3.05) is 26.1 Å². The lowest BCUT2D eigenvalue weighted by molar-refractivity contribution is -0.137. The zero-order chi connectivity index (χ0) is 23.2. The molecular weight excluding hydrogens is 436 g/mol. The Bertz CT molecular complexity index is 1060. The summed E-state index contributed by atoms with van der Waals surface area (Å²) < 4.78 is 10.6. The first-order valence-electron chi connectivity index (χ1n) is 11.0. The minimum Gasteiger partial charge on any atom is -0.497 e. The lowest BCUT2D eigenvalue weighted by atomic mass is 9.88. The largest absolute Gasteiger partial charge is 0.497 e. The van der Waals surface area contributed by atoms with Gasteiger partial charge in [-0.1, -0.05) is 36.4 Å². The molecule has 0 bridgehead atoms. The van der Waals surface area contributed by atoms with Crippen LogP contribution in [0.2, 0.25) is 0 Å². The molecule has 2 atom stereocenters. The SMILES string of the molecule is COc1cc(NC(=O)C2CCC(c3ccccc3)N(C(=O)Cc3cccs3)C2)cc(OC)c1. The fraction of sp³-hybridized carbons (Fsp3) is 0.308. The van der Waals surface area contributed by atoms with Crippen LogP contribution in [0.25, 0.3) is 0 Å². The zero-order valence-electron chi connectivity index (χ0n) is 18.8. The fourth-order valence-corrected chi connectivity index (χ4v) is 4.97. The maximum absolute atomic E-state index is 13.3. The third-order valence-electron chi connectivity index (χ3n) is 5.98. The highest BCUT2D eigenvalue weighted by Crippen LogP contribution is 2.35.